The molecule has 0 aromatic carbocycles. The zero-order valence-corrected chi connectivity index (χ0v) is 31.4. The van der Waals surface area contributed by atoms with Crippen molar-refractivity contribution in [2.75, 3.05) is 6.61 Å². The number of hydrogen-bond donors (Lipinski definition) is 4. The van der Waals surface area contributed by atoms with E-state index in [0.29, 0.717) is 6.42 Å². The van der Waals surface area contributed by atoms with Crippen LogP contribution < -0.4 is 5.32 Å². The Morgan fingerprint density at radius 1 is 0.532 bits per heavy atom. The molecule has 0 aliphatic carbocycles. The monoisotopic (exact) mass is 664 g/mol. The first-order chi connectivity index (χ1) is 23.0. The lowest BCUT2D eigenvalue weighted by Gasteiger charge is -2.21. The molecular formula is C42H81NO4. The number of allylic oxidation sites excluding steroid dienone is 3. The summed E-state index contributed by atoms with van der Waals surface area (Å²) in [5, 5.41) is 33.1. The van der Waals surface area contributed by atoms with Crippen molar-refractivity contribution in [3.05, 3.63) is 24.3 Å². The fraction of sp³-hybridized carbons (Fsp3) is 0.881. The highest BCUT2D eigenvalue weighted by atomic mass is 16.3. The molecule has 0 fully saturated rings. The highest BCUT2D eigenvalue weighted by molar-refractivity contribution is 5.76. The van der Waals surface area contributed by atoms with E-state index in [4.69, 9.17) is 0 Å². The molecular weight excluding hydrogens is 582 g/mol. The van der Waals surface area contributed by atoms with Gasteiger partial charge < -0.3 is 20.6 Å². The topological polar surface area (TPSA) is 89.8 Å². The third kappa shape index (κ3) is 34.5. The summed E-state index contributed by atoms with van der Waals surface area (Å²) in [6.45, 7) is 4.19. The van der Waals surface area contributed by atoms with Crippen molar-refractivity contribution < 1.29 is 20.1 Å². The van der Waals surface area contributed by atoms with Crippen LogP contribution in [-0.2, 0) is 4.79 Å². The molecule has 3 atom stereocenters. The average Bonchev–Trinajstić information content (AvgIpc) is 3.06. The maximum atomic E-state index is 12.4. The largest absolute Gasteiger partial charge is 0.394 e. The lowest BCUT2D eigenvalue weighted by atomic mass is 10.0. The Morgan fingerprint density at radius 3 is 1.36 bits per heavy atom. The number of amides is 1. The van der Waals surface area contributed by atoms with Crippen molar-refractivity contribution in [2.24, 2.45) is 0 Å². The standard InChI is InChI=1S/C42H81NO4/c1-3-5-7-9-11-13-15-17-19-20-21-22-23-25-27-29-31-33-35-39(45)37-42(47)43-40(38-44)41(46)36-34-32-30-28-26-24-18-16-14-12-10-8-6-4-2/h26,28,34,36,39-41,44-46H,3-25,27,29-33,35,37-38H2,1-2H3,(H,43,47)/b28-26+,36-34+. The third-order valence-electron chi connectivity index (χ3n) is 9.49. The average molecular weight is 664 g/mol. The fourth-order valence-electron chi connectivity index (χ4n) is 6.30. The van der Waals surface area contributed by atoms with Crippen LogP contribution in [0, 0.1) is 0 Å². The zero-order valence-electron chi connectivity index (χ0n) is 31.4. The number of nitrogens with one attached hydrogen (secondary N) is 1. The molecule has 0 aliphatic rings. The summed E-state index contributed by atoms with van der Waals surface area (Å²) in [6.07, 6.45) is 44.5. The Labute approximate surface area is 292 Å². The van der Waals surface area contributed by atoms with Gasteiger partial charge in [-0.05, 0) is 32.1 Å². The van der Waals surface area contributed by atoms with Gasteiger partial charge in [-0.2, -0.15) is 0 Å². The maximum absolute atomic E-state index is 12.4. The molecule has 1 amide bonds. The van der Waals surface area contributed by atoms with Gasteiger partial charge in [0.05, 0.1) is 31.3 Å². The summed E-state index contributed by atoms with van der Waals surface area (Å²) in [4.78, 5) is 12.4. The van der Waals surface area contributed by atoms with Gasteiger partial charge in [0.2, 0.25) is 5.91 Å². The minimum absolute atomic E-state index is 0.00947. The van der Waals surface area contributed by atoms with E-state index in [1.165, 1.54) is 154 Å². The normalized spacial score (nSPS) is 13.9. The molecule has 5 nitrogen and oxygen atoms in total. The van der Waals surface area contributed by atoms with Crippen LogP contribution in [-0.4, -0.2) is 46.1 Å². The van der Waals surface area contributed by atoms with Gasteiger partial charge in [-0.15, -0.1) is 0 Å². The summed E-state index contributed by atoms with van der Waals surface area (Å²) in [6, 6.07) is -0.756. The van der Waals surface area contributed by atoms with Gasteiger partial charge in [0.15, 0.2) is 0 Å². The van der Waals surface area contributed by atoms with Crippen LogP contribution in [0.1, 0.15) is 213 Å². The lowest BCUT2D eigenvalue weighted by molar-refractivity contribution is -0.124. The molecule has 0 aliphatic heterocycles. The van der Waals surface area contributed by atoms with E-state index >= 15 is 0 Å². The number of unbranched alkanes of at least 4 members (excludes halogenated alkanes) is 26. The van der Waals surface area contributed by atoms with Crippen LogP contribution >= 0.6 is 0 Å². The number of carbonyl (C=O) groups excluding carboxylic acids is 1. The third-order valence-corrected chi connectivity index (χ3v) is 9.49. The molecule has 0 heterocycles. The van der Waals surface area contributed by atoms with E-state index in [0.717, 1.165) is 32.1 Å². The molecule has 0 bridgehead atoms. The SMILES string of the molecule is CCCCCCCCCC/C=C/CC/C=C/C(O)C(CO)NC(=O)CC(O)CCCCCCCCCCCCCCCCCCCC. The summed E-state index contributed by atoms with van der Waals surface area (Å²) in [7, 11) is 0. The molecule has 0 spiro atoms. The Hall–Kier alpha value is -1.17. The van der Waals surface area contributed by atoms with E-state index in [1.54, 1.807) is 6.08 Å². The van der Waals surface area contributed by atoms with E-state index in [-0.39, 0.29) is 18.9 Å². The van der Waals surface area contributed by atoms with Crippen molar-refractivity contribution >= 4 is 5.91 Å². The van der Waals surface area contributed by atoms with Crippen LogP contribution in [0.15, 0.2) is 24.3 Å². The van der Waals surface area contributed by atoms with Gasteiger partial charge in [0.25, 0.3) is 0 Å². The summed E-state index contributed by atoms with van der Waals surface area (Å²) < 4.78 is 0. The number of hydrogen-bond acceptors (Lipinski definition) is 4. The van der Waals surface area contributed by atoms with Crippen molar-refractivity contribution in [3.63, 3.8) is 0 Å². The lowest BCUT2D eigenvalue weighted by Crippen LogP contribution is -2.45. The number of carbonyl (C=O) groups is 1. The van der Waals surface area contributed by atoms with Gasteiger partial charge in [0, 0.05) is 0 Å². The molecule has 0 rings (SSSR count). The van der Waals surface area contributed by atoms with E-state index in [2.05, 4.69) is 31.3 Å². The van der Waals surface area contributed by atoms with E-state index in [9.17, 15) is 20.1 Å². The Balaban J connectivity index is 3.69. The first-order valence-corrected chi connectivity index (χ1v) is 20.6. The molecule has 5 heteroatoms. The van der Waals surface area contributed by atoms with Crippen molar-refractivity contribution in [1.82, 2.24) is 5.32 Å². The summed E-state index contributed by atoms with van der Waals surface area (Å²) in [5.74, 6) is -0.324. The van der Waals surface area contributed by atoms with Gasteiger partial charge >= 0.3 is 0 Å². The van der Waals surface area contributed by atoms with Crippen LogP contribution in [0.4, 0.5) is 0 Å². The van der Waals surface area contributed by atoms with Crippen molar-refractivity contribution in [2.45, 2.75) is 231 Å². The molecule has 3 unspecified atom stereocenters. The zero-order chi connectivity index (χ0) is 34.5. The van der Waals surface area contributed by atoms with Gasteiger partial charge in [-0.25, -0.2) is 0 Å². The maximum Gasteiger partial charge on any atom is 0.222 e. The van der Waals surface area contributed by atoms with Gasteiger partial charge in [-0.1, -0.05) is 199 Å². The Bertz CT molecular complexity index is 694. The molecule has 47 heavy (non-hydrogen) atoms. The molecule has 0 saturated heterocycles. The second-order valence-corrected chi connectivity index (χ2v) is 14.2. The highest BCUT2D eigenvalue weighted by Crippen LogP contribution is 2.15. The second-order valence-electron chi connectivity index (χ2n) is 14.2. The van der Waals surface area contributed by atoms with Crippen LogP contribution in [0.2, 0.25) is 0 Å². The smallest absolute Gasteiger partial charge is 0.222 e. The fourth-order valence-corrected chi connectivity index (χ4v) is 6.30. The summed E-state index contributed by atoms with van der Waals surface area (Å²) >= 11 is 0. The molecule has 278 valence electrons. The first-order valence-electron chi connectivity index (χ1n) is 20.6. The number of aliphatic hydroxyl groups excluding tert-OH is 3. The molecule has 0 radical (unpaired) electrons. The number of rotatable bonds is 37. The Morgan fingerprint density at radius 2 is 0.915 bits per heavy atom. The number of aliphatic hydroxyl groups is 3. The molecule has 4 N–H and O–H groups in total. The first kappa shape index (κ1) is 45.8. The molecule has 0 saturated carbocycles. The van der Waals surface area contributed by atoms with Gasteiger partial charge in [-0.3, -0.25) is 4.79 Å². The van der Waals surface area contributed by atoms with Crippen LogP contribution in [0.3, 0.4) is 0 Å². The van der Waals surface area contributed by atoms with Crippen LogP contribution in [0.5, 0.6) is 0 Å². The van der Waals surface area contributed by atoms with Crippen molar-refractivity contribution in [3.8, 4) is 0 Å². The Kier molecular flexibility index (Phi) is 36.7. The molecule has 0 aromatic heterocycles. The summed E-state index contributed by atoms with van der Waals surface area (Å²) in [5.41, 5.74) is 0. The van der Waals surface area contributed by atoms with E-state index < -0.39 is 18.2 Å². The predicted octanol–water partition coefficient (Wildman–Crippen LogP) is 11.4. The predicted molar refractivity (Wildman–Crippen MR) is 204 cm³/mol. The highest BCUT2D eigenvalue weighted by Gasteiger charge is 2.20. The minimum Gasteiger partial charge on any atom is -0.394 e. The van der Waals surface area contributed by atoms with Crippen LogP contribution in [0.25, 0.3) is 0 Å². The van der Waals surface area contributed by atoms with Gasteiger partial charge in [0.1, 0.15) is 0 Å². The van der Waals surface area contributed by atoms with Crippen molar-refractivity contribution in [1.29, 1.82) is 0 Å². The second kappa shape index (κ2) is 37.6. The van der Waals surface area contributed by atoms with E-state index in [1.807, 2.05) is 6.08 Å². The minimum atomic E-state index is -0.947. The molecule has 0 aromatic rings. The quantitative estimate of drug-likeness (QED) is 0.0393.